The number of amides is 1. The number of ether oxygens (including phenoxy) is 2. The number of carbonyl (C=O) groups is 2. The van der Waals surface area contributed by atoms with Gasteiger partial charge in [-0.05, 0) is 56.0 Å². The minimum absolute atomic E-state index is 0.313. The molecule has 3 aromatic rings. The first-order chi connectivity index (χ1) is 14.9. The molecule has 4 rings (SSSR count). The number of aryl methyl sites for hydroxylation is 1. The Bertz CT molecular complexity index is 1180. The summed E-state index contributed by atoms with van der Waals surface area (Å²) in [6.07, 6.45) is 1.58. The Kier molecular flexibility index (Phi) is 5.75. The van der Waals surface area contributed by atoms with Crippen molar-refractivity contribution >= 4 is 28.5 Å². The lowest BCUT2D eigenvalue weighted by atomic mass is 10.1. The van der Waals surface area contributed by atoms with E-state index in [2.05, 4.69) is 0 Å². The number of rotatable bonds is 6. The molecular formula is C24H23NO6. The van der Waals surface area contributed by atoms with Crippen LogP contribution in [-0.4, -0.2) is 31.6 Å². The van der Waals surface area contributed by atoms with Crippen LogP contribution in [0.1, 0.15) is 24.5 Å². The van der Waals surface area contributed by atoms with Gasteiger partial charge in [-0.25, -0.2) is 9.59 Å². The molecule has 1 aromatic heterocycles. The van der Waals surface area contributed by atoms with Gasteiger partial charge >= 0.3 is 11.6 Å². The van der Waals surface area contributed by atoms with Gasteiger partial charge in [0.1, 0.15) is 11.3 Å². The van der Waals surface area contributed by atoms with E-state index in [1.807, 2.05) is 24.3 Å². The lowest BCUT2D eigenvalue weighted by Gasteiger charge is -2.21. The predicted molar refractivity (Wildman–Crippen MR) is 115 cm³/mol. The average molecular weight is 421 g/mol. The van der Waals surface area contributed by atoms with E-state index >= 15 is 0 Å². The Morgan fingerprint density at radius 2 is 1.84 bits per heavy atom. The molecule has 0 unspecified atom stereocenters. The maximum Gasteiger partial charge on any atom is 0.344 e. The molecule has 0 saturated heterocycles. The van der Waals surface area contributed by atoms with Crippen molar-refractivity contribution in [2.75, 3.05) is 18.6 Å². The van der Waals surface area contributed by atoms with Gasteiger partial charge in [-0.3, -0.25) is 4.79 Å². The number of likely N-dealkylation sites (N-methyl/N-ethyl adjacent to an activating group) is 1. The van der Waals surface area contributed by atoms with Crippen LogP contribution in [0.3, 0.4) is 0 Å². The van der Waals surface area contributed by atoms with E-state index in [1.165, 1.54) is 11.8 Å². The van der Waals surface area contributed by atoms with Crippen molar-refractivity contribution in [3.8, 4) is 5.75 Å². The fraction of sp³-hybridized carbons (Fsp3) is 0.292. The lowest BCUT2D eigenvalue weighted by molar-refractivity contribution is -0.155. The van der Waals surface area contributed by atoms with E-state index in [-0.39, 0.29) is 18.1 Å². The molecule has 0 spiro atoms. The van der Waals surface area contributed by atoms with Gasteiger partial charge in [-0.2, -0.15) is 0 Å². The molecule has 0 saturated carbocycles. The van der Waals surface area contributed by atoms with Crippen molar-refractivity contribution in [1.82, 2.24) is 0 Å². The number of hydrogen-bond donors (Lipinski definition) is 0. The standard InChI is InChI=1S/C24H23NO6/c1-15(23(27)25(2)16-7-4-3-5-8-16)30-22(26)14-29-17-11-12-19-18-9-6-10-20(18)24(28)31-21(19)13-17/h3-5,7-8,11-13,15H,6,9-10,14H2,1-2H3/t15-/m1/s1. The SMILES string of the molecule is C[C@@H](OC(=O)COc1ccc2c3c(c(=O)oc2c1)CCC3)C(=O)N(C)c1ccccc1. The van der Waals surface area contributed by atoms with E-state index in [4.69, 9.17) is 13.9 Å². The number of para-hydroxylation sites is 1. The Balaban J connectivity index is 1.37. The fourth-order valence-corrected chi connectivity index (χ4v) is 3.83. The quantitative estimate of drug-likeness (QED) is 0.449. The highest BCUT2D eigenvalue weighted by atomic mass is 16.6. The molecule has 0 aliphatic heterocycles. The summed E-state index contributed by atoms with van der Waals surface area (Å²) in [6.45, 7) is 1.15. The maximum atomic E-state index is 12.5. The molecule has 0 bridgehead atoms. The second-order valence-electron chi connectivity index (χ2n) is 7.51. The van der Waals surface area contributed by atoms with Crippen molar-refractivity contribution in [1.29, 1.82) is 0 Å². The minimum atomic E-state index is -0.960. The third kappa shape index (κ3) is 4.30. The van der Waals surface area contributed by atoms with Crippen LogP contribution in [0.25, 0.3) is 11.0 Å². The molecule has 7 nitrogen and oxygen atoms in total. The molecule has 1 amide bonds. The predicted octanol–water partition coefficient (Wildman–Crippen LogP) is 3.26. The summed E-state index contributed by atoms with van der Waals surface area (Å²) in [6, 6.07) is 14.3. The third-order valence-electron chi connectivity index (χ3n) is 5.43. The van der Waals surface area contributed by atoms with Crippen molar-refractivity contribution < 1.29 is 23.5 Å². The monoisotopic (exact) mass is 421 g/mol. The van der Waals surface area contributed by atoms with Crippen molar-refractivity contribution in [3.05, 3.63) is 70.1 Å². The Morgan fingerprint density at radius 1 is 1.10 bits per heavy atom. The number of fused-ring (bicyclic) bond motifs is 3. The smallest absolute Gasteiger partial charge is 0.344 e. The van der Waals surface area contributed by atoms with E-state index < -0.39 is 12.1 Å². The molecule has 2 aromatic carbocycles. The second-order valence-corrected chi connectivity index (χ2v) is 7.51. The van der Waals surface area contributed by atoms with Crippen molar-refractivity contribution in [2.45, 2.75) is 32.3 Å². The van der Waals surface area contributed by atoms with E-state index in [9.17, 15) is 14.4 Å². The molecule has 1 aliphatic rings. The number of carbonyl (C=O) groups excluding carboxylic acids is 2. The van der Waals surface area contributed by atoms with Crippen LogP contribution in [-0.2, 0) is 27.2 Å². The Morgan fingerprint density at radius 3 is 2.61 bits per heavy atom. The fourth-order valence-electron chi connectivity index (χ4n) is 3.83. The van der Waals surface area contributed by atoms with Crippen LogP contribution < -0.4 is 15.3 Å². The van der Waals surface area contributed by atoms with Gasteiger partial charge in [-0.1, -0.05) is 18.2 Å². The second kappa shape index (κ2) is 8.63. The zero-order chi connectivity index (χ0) is 22.0. The van der Waals surface area contributed by atoms with E-state index in [0.717, 1.165) is 35.8 Å². The highest BCUT2D eigenvalue weighted by Crippen LogP contribution is 2.29. The molecule has 1 atom stereocenters. The Labute approximate surface area is 179 Å². The first kappa shape index (κ1) is 20.7. The molecule has 160 valence electrons. The molecule has 0 radical (unpaired) electrons. The number of nitrogens with zero attached hydrogens (tertiary/aromatic N) is 1. The van der Waals surface area contributed by atoms with Crippen LogP contribution in [0.2, 0.25) is 0 Å². The van der Waals surface area contributed by atoms with E-state index in [1.54, 1.807) is 31.3 Å². The van der Waals surface area contributed by atoms with Crippen LogP contribution in [0.5, 0.6) is 5.75 Å². The van der Waals surface area contributed by atoms with Gasteiger partial charge in [0.05, 0.1) is 0 Å². The summed E-state index contributed by atoms with van der Waals surface area (Å²) in [5.41, 5.74) is 2.61. The molecular weight excluding hydrogens is 398 g/mol. The molecule has 0 N–H and O–H groups in total. The third-order valence-corrected chi connectivity index (χ3v) is 5.43. The van der Waals surface area contributed by atoms with Gasteiger partial charge in [0.15, 0.2) is 12.7 Å². The molecule has 0 fully saturated rings. The summed E-state index contributed by atoms with van der Waals surface area (Å²) in [5, 5.41) is 0.894. The number of esters is 1. The lowest BCUT2D eigenvalue weighted by Crippen LogP contribution is -2.38. The summed E-state index contributed by atoms with van der Waals surface area (Å²) in [7, 11) is 1.62. The molecule has 31 heavy (non-hydrogen) atoms. The number of benzene rings is 2. The number of hydrogen-bond acceptors (Lipinski definition) is 6. The van der Waals surface area contributed by atoms with Crippen molar-refractivity contribution in [2.24, 2.45) is 0 Å². The molecule has 7 heteroatoms. The highest BCUT2D eigenvalue weighted by molar-refractivity contribution is 5.96. The van der Waals surface area contributed by atoms with Crippen LogP contribution in [0.4, 0.5) is 5.69 Å². The summed E-state index contributed by atoms with van der Waals surface area (Å²) >= 11 is 0. The van der Waals surface area contributed by atoms with Crippen LogP contribution in [0.15, 0.2) is 57.7 Å². The zero-order valence-corrected chi connectivity index (χ0v) is 17.4. The normalized spacial score (nSPS) is 13.5. The van der Waals surface area contributed by atoms with Gasteiger partial charge in [0.25, 0.3) is 5.91 Å². The van der Waals surface area contributed by atoms with E-state index in [0.29, 0.717) is 17.0 Å². The van der Waals surface area contributed by atoms with Crippen molar-refractivity contribution in [3.63, 3.8) is 0 Å². The van der Waals surface area contributed by atoms with Gasteiger partial charge < -0.3 is 18.8 Å². The van der Waals surface area contributed by atoms with Gasteiger partial charge in [0.2, 0.25) is 0 Å². The first-order valence-electron chi connectivity index (χ1n) is 10.2. The summed E-state index contributed by atoms with van der Waals surface area (Å²) in [5.74, 6) is -0.635. The maximum absolute atomic E-state index is 12.5. The topological polar surface area (TPSA) is 86.0 Å². The van der Waals surface area contributed by atoms with Gasteiger partial charge in [-0.15, -0.1) is 0 Å². The molecule has 1 aliphatic carbocycles. The van der Waals surface area contributed by atoms with Gasteiger partial charge in [0, 0.05) is 29.8 Å². The Hall–Kier alpha value is -3.61. The first-order valence-corrected chi connectivity index (χ1v) is 10.2. The summed E-state index contributed by atoms with van der Waals surface area (Å²) < 4.78 is 16.1. The minimum Gasteiger partial charge on any atom is -0.482 e. The highest BCUT2D eigenvalue weighted by Gasteiger charge is 2.23. The number of anilines is 1. The molecule has 1 heterocycles. The van der Waals surface area contributed by atoms with Crippen LogP contribution in [0, 0.1) is 0 Å². The average Bonchev–Trinajstić information content (AvgIpc) is 3.28. The zero-order valence-electron chi connectivity index (χ0n) is 17.4. The largest absolute Gasteiger partial charge is 0.482 e. The summed E-state index contributed by atoms with van der Waals surface area (Å²) in [4.78, 5) is 38.2. The van der Waals surface area contributed by atoms with Crippen LogP contribution >= 0.6 is 0 Å².